The van der Waals surface area contributed by atoms with Crippen LogP contribution in [-0.2, 0) is 14.8 Å². The lowest BCUT2D eigenvalue weighted by atomic mass is 9.97. The molecule has 2 atom stereocenters. The summed E-state index contributed by atoms with van der Waals surface area (Å²) in [5, 5.41) is 12.3. The Kier molecular flexibility index (Phi) is 6.09. The highest BCUT2D eigenvalue weighted by molar-refractivity contribution is 7.89. The van der Waals surface area contributed by atoms with Gasteiger partial charge in [0.25, 0.3) is 0 Å². The number of sulfonamides is 1. The number of aliphatic hydroxyl groups excluding tert-OH is 1. The van der Waals surface area contributed by atoms with E-state index < -0.39 is 15.9 Å². The summed E-state index contributed by atoms with van der Waals surface area (Å²) >= 11 is 0.976. The summed E-state index contributed by atoms with van der Waals surface area (Å²) in [6.45, 7) is 4.19. The average molecular weight is 413 g/mol. The van der Waals surface area contributed by atoms with Crippen molar-refractivity contribution in [3.63, 3.8) is 0 Å². The van der Waals surface area contributed by atoms with E-state index in [9.17, 15) is 18.3 Å². The molecule has 1 aliphatic rings. The maximum atomic E-state index is 13.1. The number of nitrogens with zero attached hydrogens (tertiary/aromatic N) is 3. The third-order valence-corrected chi connectivity index (χ3v) is 7.39. The number of piperidine rings is 1. The van der Waals surface area contributed by atoms with E-state index in [1.807, 2.05) is 13.8 Å². The number of rotatable bonds is 6. The van der Waals surface area contributed by atoms with Gasteiger partial charge in [0.1, 0.15) is 15.9 Å². The van der Waals surface area contributed by atoms with Crippen LogP contribution in [0, 0.1) is 11.8 Å². The second kappa shape index (κ2) is 8.17. The lowest BCUT2D eigenvalue weighted by Crippen LogP contribution is -2.49. The highest BCUT2D eigenvalue weighted by Gasteiger charge is 2.35. The fourth-order valence-corrected chi connectivity index (χ4v) is 5.50. The number of aromatic nitrogens is 2. The van der Waals surface area contributed by atoms with Crippen LogP contribution >= 0.6 is 11.7 Å². The van der Waals surface area contributed by atoms with Crippen LogP contribution in [0.25, 0.3) is 11.0 Å². The van der Waals surface area contributed by atoms with Gasteiger partial charge in [-0.2, -0.15) is 13.1 Å². The monoisotopic (exact) mass is 412 g/mol. The Balaban J connectivity index is 1.79. The number of carbonyl (C=O) groups excluding carboxylic acids is 1. The van der Waals surface area contributed by atoms with Gasteiger partial charge in [0.05, 0.1) is 30.3 Å². The van der Waals surface area contributed by atoms with Crippen LogP contribution in [0.3, 0.4) is 0 Å². The van der Waals surface area contributed by atoms with Gasteiger partial charge in [0, 0.05) is 13.1 Å². The SMILES string of the molecule is CC(C)[C@@H](CO)NC(=O)[C@@H]1CCCN(S(=O)(=O)c2cccc3nsnc23)C1. The molecule has 0 radical (unpaired) electrons. The number of nitrogens with one attached hydrogen (secondary N) is 1. The summed E-state index contributed by atoms with van der Waals surface area (Å²) in [7, 11) is -3.77. The Labute approximate surface area is 163 Å². The normalized spacial score (nSPS) is 20.1. The van der Waals surface area contributed by atoms with Crippen LogP contribution in [-0.4, -0.2) is 58.2 Å². The molecule has 10 heteroatoms. The smallest absolute Gasteiger partial charge is 0.245 e. The molecular formula is C17H24N4O4S2. The predicted molar refractivity (Wildman–Crippen MR) is 103 cm³/mol. The van der Waals surface area contributed by atoms with E-state index in [0.717, 1.165) is 11.7 Å². The van der Waals surface area contributed by atoms with E-state index in [0.29, 0.717) is 30.4 Å². The Morgan fingerprint density at radius 3 is 2.89 bits per heavy atom. The van der Waals surface area contributed by atoms with E-state index in [1.54, 1.807) is 12.1 Å². The fraction of sp³-hybridized carbons (Fsp3) is 0.588. The topological polar surface area (TPSA) is 112 Å². The molecule has 0 unspecified atom stereocenters. The van der Waals surface area contributed by atoms with Crippen LogP contribution in [0.5, 0.6) is 0 Å². The fourth-order valence-electron chi connectivity index (χ4n) is 3.23. The van der Waals surface area contributed by atoms with E-state index in [2.05, 4.69) is 14.1 Å². The Morgan fingerprint density at radius 2 is 2.19 bits per heavy atom. The second-order valence-electron chi connectivity index (χ2n) is 7.13. The zero-order valence-electron chi connectivity index (χ0n) is 15.3. The van der Waals surface area contributed by atoms with Crippen molar-refractivity contribution in [2.24, 2.45) is 11.8 Å². The molecule has 0 aliphatic carbocycles. The van der Waals surface area contributed by atoms with Gasteiger partial charge in [-0.1, -0.05) is 19.9 Å². The number of hydrogen-bond donors (Lipinski definition) is 2. The van der Waals surface area contributed by atoms with E-state index in [1.165, 1.54) is 10.4 Å². The average Bonchev–Trinajstić information content (AvgIpc) is 3.14. The summed E-state index contributed by atoms with van der Waals surface area (Å²) in [5.41, 5.74) is 0.921. The van der Waals surface area contributed by atoms with Gasteiger partial charge < -0.3 is 10.4 Å². The number of amides is 1. The first-order valence-electron chi connectivity index (χ1n) is 8.97. The number of fused-ring (bicyclic) bond motifs is 1. The van der Waals surface area contributed by atoms with Crippen LogP contribution in [0.15, 0.2) is 23.1 Å². The summed E-state index contributed by atoms with van der Waals surface area (Å²) in [6, 6.07) is 4.58. The molecule has 0 saturated carbocycles. The predicted octanol–water partition coefficient (Wildman–Crippen LogP) is 1.23. The molecule has 1 aromatic carbocycles. The van der Waals surface area contributed by atoms with Crippen LogP contribution in [0.4, 0.5) is 0 Å². The standard InChI is InChI=1S/C17H24N4O4S2/c1-11(2)14(10-22)18-17(23)12-5-4-8-21(9-12)27(24,25)15-7-3-6-13-16(15)20-26-19-13/h3,6-7,11-12,14,22H,4-5,8-10H2,1-2H3,(H,18,23)/t12-,14-/m1/s1. The van der Waals surface area contributed by atoms with Gasteiger partial charge in [-0.25, -0.2) is 8.42 Å². The van der Waals surface area contributed by atoms with Gasteiger partial charge >= 0.3 is 0 Å². The van der Waals surface area contributed by atoms with Gasteiger partial charge in [0.2, 0.25) is 15.9 Å². The quantitative estimate of drug-likeness (QED) is 0.738. The molecule has 27 heavy (non-hydrogen) atoms. The van der Waals surface area contributed by atoms with Crippen molar-refractivity contribution >= 4 is 38.7 Å². The molecule has 2 N–H and O–H groups in total. The van der Waals surface area contributed by atoms with E-state index in [4.69, 9.17) is 0 Å². The summed E-state index contributed by atoms with van der Waals surface area (Å²) in [6.07, 6.45) is 1.23. The molecule has 2 heterocycles. The van der Waals surface area contributed by atoms with Crippen molar-refractivity contribution in [3.8, 4) is 0 Å². The largest absolute Gasteiger partial charge is 0.394 e. The minimum absolute atomic E-state index is 0.0946. The van der Waals surface area contributed by atoms with Crippen LogP contribution < -0.4 is 5.32 Å². The van der Waals surface area contributed by atoms with Crippen molar-refractivity contribution in [1.82, 2.24) is 18.4 Å². The summed E-state index contributed by atoms with van der Waals surface area (Å²) in [4.78, 5) is 12.7. The number of benzene rings is 1. The molecule has 3 rings (SSSR count). The highest BCUT2D eigenvalue weighted by atomic mass is 32.2. The van der Waals surface area contributed by atoms with Crippen LogP contribution in [0.1, 0.15) is 26.7 Å². The molecule has 0 bridgehead atoms. The Morgan fingerprint density at radius 1 is 1.41 bits per heavy atom. The molecule has 8 nitrogen and oxygen atoms in total. The Hall–Kier alpha value is -1.62. The molecule has 0 spiro atoms. The first-order valence-corrected chi connectivity index (χ1v) is 11.1. The van der Waals surface area contributed by atoms with Gasteiger partial charge in [0.15, 0.2) is 0 Å². The number of hydrogen-bond acceptors (Lipinski definition) is 7. The van der Waals surface area contributed by atoms with Crippen molar-refractivity contribution in [1.29, 1.82) is 0 Å². The van der Waals surface area contributed by atoms with Gasteiger partial charge in [-0.05, 0) is 30.9 Å². The molecule has 2 aromatic rings. The molecule has 1 fully saturated rings. The van der Waals surface area contributed by atoms with Crippen molar-refractivity contribution in [3.05, 3.63) is 18.2 Å². The minimum Gasteiger partial charge on any atom is -0.394 e. The maximum absolute atomic E-state index is 13.1. The third-order valence-electron chi connectivity index (χ3n) is 4.95. The molecule has 148 valence electrons. The lowest BCUT2D eigenvalue weighted by Gasteiger charge is -2.32. The molecule has 1 saturated heterocycles. The molecule has 1 amide bonds. The van der Waals surface area contributed by atoms with E-state index in [-0.39, 0.29) is 35.9 Å². The maximum Gasteiger partial charge on any atom is 0.245 e. The van der Waals surface area contributed by atoms with Gasteiger partial charge in [-0.3, -0.25) is 4.79 Å². The number of aliphatic hydroxyl groups is 1. The zero-order valence-corrected chi connectivity index (χ0v) is 17.0. The molecule has 1 aliphatic heterocycles. The zero-order chi connectivity index (χ0) is 19.6. The molecule has 1 aromatic heterocycles. The third kappa shape index (κ3) is 4.13. The lowest BCUT2D eigenvalue weighted by molar-refractivity contribution is -0.127. The van der Waals surface area contributed by atoms with Crippen molar-refractivity contribution < 1.29 is 18.3 Å². The highest BCUT2D eigenvalue weighted by Crippen LogP contribution is 2.28. The second-order valence-corrected chi connectivity index (χ2v) is 9.57. The van der Waals surface area contributed by atoms with E-state index >= 15 is 0 Å². The van der Waals surface area contributed by atoms with Crippen LogP contribution in [0.2, 0.25) is 0 Å². The number of carbonyl (C=O) groups is 1. The van der Waals surface area contributed by atoms with Gasteiger partial charge in [-0.15, -0.1) is 0 Å². The van der Waals surface area contributed by atoms with Crippen molar-refractivity contribution in [2.75, 3.05) is 19.7 Å². The van der Waals surface area contributed by atoms with Crippen molar-refractivity contribution in [2.45, 2.75) is 37.6 Å². The summed E-state index contributed by atoms with van der Waals surface area (Å²) < 4.78 is 35.9. The Bertz CT molecular complexity index is 913. The summed E-state index contributed by atoms with van der Waals surface area (Å²) in [5.74, 6) is -0.553. The first kappa shape index (κ1) is 20.1. The molecular weight excluding hydrogens is 388 g/mol. The minimum atomic E-state index is -3.77. The first-order chi connectivity index (χ1) is 12.8.